The summed E-state index contributed by atoms with van der Waals surface area (Å²) < 4.78 is 19.3. The van der Waals surface area contributed by atoms with Crippen molar-refractivity contribution < 1.29 is 19.0 Å². The second-order valence-corrected chi connectivity index (χ2v) is 8.30. The Morgan fingerprint density at radius 1 is 0.944 bits per heavy atom. The highest BCUT2D eigenvalue weighted by Gasteiger charge is 2.20. The van der Waals surface area contributed by atoms with Gasteiger partial charge in [-0.15, -0.1) is 0 Å². The first kappa shape index (κ1) is 23.0. The number of aromatic nitrogens is 3. The molecule has 8 heteroatoms. The molecule has 0 bridgehead atoms. The molecule has 1 atom stereocenters. The first-order chi connectivity index (χ1) is 17.5. The number of hydrogen-bond donors (Lipinski definition) is 3. The van der Waals surface area contributed by atoms with Crippen LogP contribution in [0.3, 0.4) is 0 Å². The summed E-state index contributed by atoms with van der Waals surface area (Å²) in [6.45, 7) is 0.586. The van der Waals surface area contributed by atoms with E-state index in [1.54, 1.807) is 30.3 Å². The monoisotopic (exact) mass is 482 g/mol. The van der Waals surface area contributed by atoms with Gasteiger partial charge in [-0.25, -0.2) is 14.4 Å². The van der Waals surface area contributed by atoms with Crippen LogP contribution in [0.2, 0.25) is 0 Å². The second kappa shape index (κ2) is 10.3. The SMILES string of the molecule is O=C(O)CC(c1ccc(F)cc1)c1cccc(Oc2ccc(CNc3nc4ccccc4[nH]3)cc2)n1. The van der Waals surface area contributed by atoms with E-state index in [9.17, 15) is 14.3 Å². The number of nitrogens with zero attached hydrogens (tertiary/aromatic N) is 2. The molecular formula is C28H23FN4O3. The van der Waals surface area contributed by atoms with E-state index in [1.165, 1.54) is 12.1 Å². The van der Waals surface area contributed by atoms with Gasteiger partial charge in [-0.2, -0.15) is 0 Å². The lowest BCUT2D eigenvalue weighted by Crippen LogP contribution is -2.10. The van der Waals surface area contributed by atoms with Gasteiger partial charge in [-0.3, -0.25) is 4.79 Å². The van der Waals surface area contributed by atoms with Crippen LogP contribution in [0.1, 0.15) is 29.2 Å². The van der Waals surface area contributed by atoms with E-state index in [1.807, 2.05) is 48.5 Å². The van der Waals surface area contributed by atoms with Crippen molar-refractivity contribution in [2.24, 2.45) is 0 Å². The third-order valence-electron chi connectivity index (χ3n) is 5.75. The van der Waals surface area contributed by atoms with Crippen LogP contribution < -0.4 is 10.1 Å². The molecule has 2 heterocycles. The van der Waals surface area contributed by atoms with Crippen molar-refractivity contribution in [1.29, 1.82) is 0 Å². The maximum absolute atomic E-state index is 13.4. The number of anilines is 1. The molecule has 0 aliphatic rings. The molecular weight excluding hydrogens is 459 g/mol. The van der Waals surface area contributed by atoms with E-state index in [4.69, 9.17) is 4.74 Å². The molecule has 7 nitrogen and oxygen atoms in total. The van der Waals surface area contributed by atoms with E-state index in [2.05, 4.69) is 20.3 Å². The summed E-state index contributed by atoms with van der Waals surface area (Å²) in [6, 6.07) is 26.4. The number of nitrogens with one attached hydrogen (secondary N) is 2. The van der Waals surface area contributed by atoms with E-state index in [0.717, 1.165) is 16.6 Å². The zero-order valence-corrected chi connectivity index (χ0v) is 19.2. The molecule has 0 fully saturated rings. The van der Waals surface area contributed by atoms with Crippen LogP contribution in [0.15, 0.2) is 91.0 Å². The normalized spacial score (nSPS) is 11.8. The lowest BCUT2D eigenvalue weighted by molar-refractivity contribution is -0.137. The predicted molar refractivity (Wildman–Crippen MR) is 135 cm³/mol. The predicted octanol–water partition coefficient (Wildman–Crippen LogP) is 6.11. The first-order valence-corrected chi connectivity index (χ1v) is 11.4. The van der Waals surface area contributed by atoms with Crippen molar-refractivity contribution >= 4 is 23.0 Å². The zero-order chi connectivity index (χ0) is 24.9. The topological polar surface area (TPSA) is 100 Å². The Balaban J connectivity index is 1.26. The smallest absolute Gasteiger partial charge is 0.304 e. The minimum Gasteiger partial charge on any atom is -0.481 e. The third-order valence-corrected chi connectivity index (χ3v) is 5.75. The summed E-state index contributed by atoms with van der Waals surface area (Å²) in [5.41, 5.74) is 4.13. The summed E-state index contributed by atoms with van der Waals surface area (Å²) in [6.07, 6.45) is -0.172. The number of halogens is 1. The average Bonchev–Trinajstić information content (AvgIpc) is 3.31. The number of benzene rings is 3. The van der Waals surface area contributed by atoms with Crippen molar-refractivity contribution in [2.75, 3.05) is 5.32 Å². The highest BCUT2D eigenvalue weighted by molar-refractivity contribution is 5.77. The maximum atomic E-state index is 13.4. The molecule has 5 aromatic rings. The van der Waals surface area contributed by atoms with E-state index < -0.39 is 11.9 Å². The molecule has 3 aromatic carbocycles. The van der Waals surface area contributed by atoms with Crippen LogP contribution in [0.4, 0.5) is 10.3 Å². The molecule has 0 radical (unpaired) electrons. The van der Waals surface area contributed by atoms with Gasteiger partial charge in [0.2, 0.25) is 11.8 Å². The Morgan fingerprint density at radius 2 is 1.72 bits per heavy atom. The largest absolute Gasteiger partial charge is 0.481 e. The molecule has 180 valence electrons. The van der Waals surface area contributed by atoms with Gasteiger partial charge >= 0.3 is 5.97 Å². The molecule has 0 amide bonds. The van der Waals surface area contributed by atoms with Crippen LogP contribution in [-0.4, -0.2) is 26.0 Å². The number of carbonyl (C=O) groups is 1. The maximum Gasteiger partial charge on any atom is 0.304 e. The number of pyridine rings is 1. The van der Waals surface area contributed by atoms with Crippen LogP contribution in [-0.2, 0) is 11.3 Å². The molecule has 5 rings (SSSR count). The van der Waals surface area contributed by atoms with Crippen LogP contribution in [0.5, 0.6) is 11.6 Å². The number of imidazole rings is 1. The van der Waals surface area contributed by atoms with Gasteiger partial charge in [-0.05, 0) is 53.6 Å². The summed E-state index contributed by atoms with van der Waals surface area (Å²) in [5.74, 6) is -0.229. The molecule has 36 heavy (non-hydrogen) atoms. The van der Waals surface area contributed by atoms with E-state index in [0.29, 0.717) is 35.4 Å². The molecule has 2 aromatic heterocycles. The Kier molecular flexibility index (Phi) is 6.57. The molecule has 0 aliphatic carbocycles. The fourth-order valence-corrected chi connectivity index (χ4v) is 3.96. The second-order valence-electron chi connectivity index (χ2n) is 8.30. The number of carboxylic acids is 1. The van der Waals surface area contributed by atoms with Crippen LogP contribution >= 0.6 is 0 Å². The zero-order valence-electron chi connectivity index (χ0n) is 19.2. The third kappa shape index (κ3) is 5.50. The molecule has 0 spiro atoms. The van der Waals surface area contributed by atoms with Gasteiger partial charge in [0.15, 0.2) is 0 Å². The number of hydrogen-bond acceptors (Lipinski definition) is 5. The molecule has 0 saturated carbocycles. The van der Waals surface area contributed by atoms with Crippen molar-refractivity contribution in [3.05, 3.63) is 114 Å². The highest BCUT2D eigenvalue weighted by atomic mass is 19.1. The fraction of sp³-hybridized carbons (Fsp3) is 0.107. The molecule has 3 N–H and O–H groups in total. The van der Waals surface area contributed by atoms with Crippen molar-refractivity contribution in [3.63, 3.8) is 0 Å². The molecule has 1 unspecified atom stereocenters. The number of ether oxygens (including phenoxy) is 1. The number of para-hydroxylation sites is 2. The van der Waals surface area contributed by atoms with Gasteiger partial charge in [0, 0.05) is 18.5 Å². The molecule has 0 aliphatic heterocycles. The number of aliphatic carboxylic acids is 1. The van der Waals surface area contributed by atoms with Crippen molar-refractivity contribution in [1.82, 2.24) is 15.0 Å². The lowest BCUT2D eigenvalue weighted by Gasteiger charge is -2.16. The number of rotatable bonds is 9. The van der Waals surface area contributed by atoms with Crippen LogP contribution in [0.25, 0.3) is 11.0 Å². The van der Waals surface area contributed by atoms with Gasteiger partial charge in [0.25, 0.3) is 0 Å². The highest BCUT2D eigenvalue weighted by Crippen LogP contribution is 2.29. The summed E-state index contributed by atoms with van der Waals surface area (Å²) >= 11 is 0. The van der Waals surface area contributed by atoms with E-state index >= 15 is 0 Å². The summed E-state index contributed by atoms with van der Waals surface area (Å²) in [4.78, 5) is 23.8. The summed E-state index contributed by atoms with van der Waals surface area (Å²) in [7, 11) is 0. The fourth-order valence-electron chi connectivity index (χ4n) is 3.96. The van der Waals surface area contributed by atoms with E-state index in [-0.39, 0.29) is 12.2 Å². The standard InChI is InChI=1S/C28H23FN4O3/c29-20-12-10-19(11-13-20)22(16-27(34)35)23-6-3-7-26(31-23)36-21-14-8-18(9-15-21)17-30-28-32-24-4-1-2-5-25(24)33-28/h1-15,22H,16-17H2,(H,34,35)(H2,30,32,33). The minimum absolute atomic E-state index is 0.172. The Bertz CT molecular complexity index is 1450. The summed E-state index contributed by atoms with van der Waals surface area (Å²) in [5, 5.41) is 12.7. The van der Waals surface area contributed by atoms with Crippen molar-refractivity contribution in [2.45, 2.75) is 18.9 Å². The average molecular weight is 483 g/mol. The number of aromatic amines is 1. The van der Waals surface area contributed by atoms with Gasteiger partial charge in [-0.1, -0.05) is 42.5 Å². The number of fused-ring (bicyclic) bond motifs is 1. The first-order valence-electron chi connectivity index (χ1n) is 11.4. The number of carboxylic acid groups (broad SMARTS) is 1. The van der Waals surface area contributed by atoms with Gasteiger partial charge < -0.3 is 20.1 Å². The van der Waals surface area contributed by atoms with Crippen LogP contribution in [0, 0.1) is 5.82 Å². The quantitative estimate of drug-likeness (QED) is 0.234. The lowest BCUT2D eigenvalue weighted by atomic mass is 9.92. The Morgan fingerprint density at radius 3 is 2.47 bits per heavy atom. The molecule has 0 saturated heterocycles. The minimum atomic E-state index is -0.968. The van der Waals surface area contributed by atoms with Crippen molar-refractivity contribution in [3.8, 4) is 11.6 Å². The Hall–Kier alpha value is -4.72. The van der Waals surface area contributed by atoms with Gasteiger partial charge in [0.05, 0.1) is 23.1 Å². The Labute approximate surface area is 206 Å². The number of H-pyrrole nitrogens is 1. The van der Waals surface area contributed by atoms with Gasteiger partial charge in [0.1, 0.15) is 11.6 Å².